The number of hydrogen-bond acceptors (Lipinski definition) is 3. The Morgan fingerprint density at radius 3 is 2.60 bits per heavy atom. The van der Waals surface area contributed by atoms with Crippen molar-refractivity contribution in [2.24, 2.45) is 0 Å². The lowest BCUT2D eigenvalue weighted by Gasteiger charge is -2.31. The first-order chi connectivity index (χ1) is 9.88. The summed E-state index contributed by atoms with van der Waals surface area (Å²) >= 11 is 0. The van der Waals surface area contributed by atoms with Gasteiger partial charge < -0.3 is 14.8 Å². The third kappa shape index (κ3) is 3.05. The molecule has 0 radical (unpaired) electrons. The average molecular weight is 275 g/mol. The smallest absolute Gasteiger partial charge is 0.159 e. The molecule has 110 valence electrons. The third-order valence-electron chi connectivity index (χ3n) is 4.49. The van der Waals surface area contributed by atoms with Crippen molar-refractivity contribution >= 4 is 0 Å². The fourth-order valence-corrected chi connectivity index (χ4v) is 3.22. The summed E-state index contributed by atoms with van der Waals surface area (Å²) in [6.45, 7) is 4.59. The van der Waals surface area contributed by atoms with E-state index in [1.54, 1.807) is 0 Å². The molecule has 1 aliphatic heterocycles. The van der Waals surface area contributed by atoms with Gasteiger partial charge in [0.2, 0.25) is 0 Å². The average Bonchev–Trinajstić information content (AvgIpc) is 2.90. The van der Waals surface area contributed by atoms with E-state index in [0.29, 0.717) is 6.04 Å². The van der Waals surface area contributed by atoms with Crippen molar-refractivity contribution < 1.29 is 9.47 Å². The maximum Gasteiger partial charge on any atom is 0.159 e. The van der Waals surface area contributed by atoms with Crippen LogP contribution in [0, 0.1) is 0 Å². The fourth-order valence-electron chi connectivity index (χ4n) is 3.22. The van der Waals surface area contributed by atoms with Gasteiger partial charge in [-0.25, -0.2) is 0 Å². The molecule has 1 N–H and O–H groups in total. The molecule has 1 atom stereocenters. The lowest BCUT2D eigenvalue weighted by Crippen LogP contribution is -2.27. The molecule has 1 aromatic rings. The van der Waals surface area contributed by atoms with Crippen molar-refractivity contribution in [1.82, 2.24) is 5.32 Å². The van der Waals surface area contributed by atoms with Gasteiger partial charge in [-0.05, 0) is 36.4 Å². The zero-order valence-electron chi connectivity index (χ0n) is 12.3. The van der Waals surface area contributed by atoms with Crippen molar-refractivity contribution in [2.45, 2.75) is 50.9 Å². The van der Waals surface area contributed by atoms with Crippen molar-refractivity contribution in [3.05, 3.63) is 35.4 Å². The molecule has 1 saturated heterocycles. The first kappa shape index (κ1) is 14.1. The molecule has 3 nitrogen and oxygen atoms in total. The molecule has 0 bridgehead atoms. The molecule has 1 saturated carbocycles. The SMILES string of the molecule is CCNC(CC1OCCO1)c1ccccc1C1CCC1. The van der Waals surface area contributed by atoms with Gasteiger partial charge in [-0.2, -0.15) is 0 Å². The highest BCUT2D eigenvalue weighted by Crippen LogP contribution is 2.40. The van der Waals surface area contributed by atoms with E-state index in [-0.39, 0.29) is 6.29 Å². The van der Waals surface area contributed by atoms with E-state index in [0.717, 1.165) is 32.1 Å². The van der Waals surface area contributed by atoms with E-state index in [1.165, 1.54) is 30.4 Å². The molecule has 1 aliphatic carbocycles. The highest BCUT2D eigenvalue weighted by molar-refractivity contribution is 5.34. The van der Waals surface area contributed by atoms with Crippen LogP contribution in [0.4, 0.5) is 0 Å². The van der Waals surface area contributed by atoms with Gasteiger partial charge in [0.05, 0.1) is 13.2 Å². The molecule has 3 heteroatoms. The van der Waals surface area contributed by atoms with Gasteiger partial charge in [0, 0.05) is 12.5 Å². The Hall–Kier alpha value is -0.900. The van der Waals surface area contributed by atoms with Crippen LogP contribution in [-0.4, -0.2) is 26.0 Å². The van der Waals surface area contributed by atoms with Gasteiger partial charge in [-0.1, -0.05) is 37.6 Å². The van der Waals surface area contributed by atoms with Crippen molar-refractivity contribution in [3.8, 4) is 0 Å². The van der Waals surface area contributed by atoms with Crippen molar-refractivity contribution in [3.63, 3.8) is 0 Å². The maximum atomic E-state index is 5.63. The standard InChI is InChI=1S/C17H25NO2/c1-2-18-16(12-17-19-10-11-20-17)15-9-4-3-8-14(15)13-6-5-7-13/h3-4,8-9,13,16-18H,2,5-7,10-12H2,1H3. The summed E-state index contributed by atoms with van der Waals surface area (Å²) in [4.78, 5) is 0. The van der Waals surface area contributed by atoms with E-state index in [9.17, 15) is 0 Å². The lowest BCUT2D eigenvalue weighted by atomic mass is 9.77. The van der Waals surface area contributed by atoms with Crippen LogP contribution in [-0.2, 0) is 9.47 Å². The Labute approximate surface area is 121 Å². The van der Waals surface area contributed by atoms with Crippen LogP contribution >= 0.6 is 0 Å². The number of nitrogens with one attached hydrogen (secondary N) is 1. The number of ether oxygens (including phenoxy) is 2. The molecule has 0 amide bonds. The van der Waals surface area contributed by atoms with Crippen LogP contribution in [0.3, 0.4) is 0 Å². The van der Waals surface area contributed by atoms with Gasteiger partial charge in [0.15, 0.2) is 6.29 Å². The number of hydrogen-bond donors (Lipinski definition) is 1. The first-order valence-electron chi connectivity index (χ1n) is 7.94. The molecule has 1 heterocycles. The minimum Gasteiger partial charge on any atom is -0.350 e. The zero-order chi connectivity index (χ0) is 13.8. The van der Waals surface area contributed by atoms with E-state index in [4.69, 9.17) is 9.47 Å². The van der Waals surface area contributed by atoms with E-state index < -0.39 is 0 Å². The largest absolute Gasteiger partial charge is 0.350 e. The van der Waals surface area contributed by atoms with Crippen LogP contribution in [0.2, 0.25) is 0 Å². The van der Waals surface area contributed by atoms with Crippen LogP contribution in [0.5, 0.6) is 0 Å². The Kier molecular flexibility index (Phi) is 4.71. The van der Waals surface area contributed by atoms with Gasteiger partial charge in [-0.3, -0.25) is 0 Å². The molecule has 0 spiro atoms. The van der Waals surface area contributed by atoms with Gasteiger partial charge in [0.1, 0.15) is 0 Å². The van der Waals surface area contributed by atoms with E-state index in [1.807, 2.05) is 0 Å². The summed E-state index contributed by atoms with van der Waals surface area (Å²) in [5.74, 6) is 0.762. The first-order valence-corrected chi connectivity index (χ1v) is 7.94. The Bertz CT molecular complexity index is 425. The highest BCUT2D eigenvalue weighted by Gasteiger charge is 2.27. The molecule has 3 rings (SSSR count). The highest BCUT2D eigenvalue weighted by atomic mass is 16.7. The number of rotatable bonds is 6. The summed E-state index contributed by atoms with van der Waals surface area (Å²) in [5, 5.41) is 3.61. The summed E-state index contributed by atoms with van der Waals surface area (Å²) in [6, 6.07) is 9.23. The monoisotopic (exact) mass is 275 g/mol. The van der Waals surface area contributed by atoms with Crippen LogP contribution in [0.25, 0.3) is 0 Å². The zero-order valence-corrected chi connectivity index (χ0v) is 12.3. The molecule has 0 aromatic heterocycles. The molecule has 2 aliphatic rings. The topological polar surface area (TPSA) is 30.5 Å². The maximum absolute atomic E-state index is 5.63. The predicted molar refractivity (Wildman–Crippen MR) is 79.8 cm³/mol. The van der Waals surface area contributed by atoms with Gasteiger partial charge in [0.25, 0.3) is 0 Å². The minimum atomic E-state index is -0.0477. The predicted octanol–water partition coefficient (Wildman–Crippen LogP) is 3.37. The van der Waals surface area contributed by atoms with Gasteiger partial charge in [-0.15, -0.1) is 0 Å². The molecule has 20 heavy (non-hydrogen) atoms. The third-order valence-corrected chi connectivity index (χ3v) is 4.49. The molecular formula is C17H25NO2. The van der Waals surface area contributed by atoms with Gasteiger partial charge >= 0.3 is 0 Å². The fraction of sp³-hybridized carbons (Fsp3) is 0.647. The Morgan fingerprint density at radius 2 is 1.95 bits per heavy atom. The van der Waals surface area contributed by atoms with E-state index in [2.05, 4.69) is 36.5 Å². The lowest BCUT2D eigenvalue weighted by molar-refractivity contribution is -0.0530. The quantitative estimate of drug-likeness (QED) is 0.863. The normalized spacial score (nSPS) is 21.9. The van der Waals surface area contributed by atoms with Crippen LogP contribution in [0.1, 0.15) is 55.7 Å². The summed E-state index contributed by atoms with van der Waals surface area (Å²) in [6.07, 6.45) is 4.91. The van der Waals surface area contributed by atoms with Crippen molar-refractivity contribution in [1.29, 1.82) is 0 Å². The second kappa shape index (κ2) is 6.70. The van der Waals surface area contributed by atoms with Crippen LogP contribution in [0.15, 0.2) is 24.3 Å². The molecule has 2 fully saturated rings. The molecule has 1 unspecified atom stereocenters. The second-order valence-corrected chi connectivity index (χ2v) is 5.77. The summed E-state index contributed by atoms with van der Waals surface area (Å²) in [5.41, 5.74) is 2.97. The Balaban J connectivity index is 1.78. The Morgan fingerprint density at radius 1 is 1.20 bits per heavy atom. The van der Waals surface area contributed by atoms with Crippen LogP contribution < -0.4 is 5.32 Å². The minimum absolute atomic E-state index is 0.0477. The molecule has 1 aromatic carbocycles. The number of benzene rings is 1. The van der Waals surface area contributed by atoms with E-state index >= 15 is 0 Å². The van der Waals surface area contributed by atoms with Crippen molar-refractivity contribution in [2.75, 3.05) is 19.8 Å². The second-order valence-electron chi connectivity index (χ2n) is 5.77. The molecular weight excluding hydrogens is 250 g/mol. The summed E-state index contributed by atoms with van der Waals surface area (Å²) in [7, 11) is 0. The summed E-state index contributed by atoms with van der Waals surface area (Å²) < 4.78 is 11.3.